The van der Waals surface area contributed by atoms with Crippen molar-refractivity contribution in [1.82, 2.24) is 0 Å². The molecule has 0 spiro atoms. The molecule has 0 aromatic rings. The monoisotopic (exact) mass is 472 g/mol. The number of aliphatic hydroxyl groups is 1. The first-order chi connectivity index (χ1) is 15.4. The fourth-order valence-electron chi connectivity index (χ4n) is 8.21. The SMILES string of the molecule is CC1(C)C(=O)CC[C@]2(C)C3=C(C(=O)C[C@@H]12)[C@]1(C)C(=O)C[C@H]([C@](C)(O)CCC(=O)O)[C@@]1(C)CC3=O. The quantitative estimate of drug-likeness (QED) is 0.642. The van der Waals surface area contributed by atoms with Crippen LogP contribution in [-0.4, -0.2) is 44.9 Å². The van der Waals surface area contributed by atoms with Crippen molar-refractivity contribution in [3.05, 3.63) is 11.1 Å². The lowest BCUT2D eigenvalue weighted by Gasteiger charge is -2.58. The van der Waals surface area contributed by atoms with Gasteiger partial charge in [-0.2, -0.15) is 0 Å². The molecule has 4 rings (SSSR count). The Balaban J connectivity index is 1.89. The summed E-state index contributed by atoms with van der Waals surface area (Å²) in [5.41, 5.74) is -4.45. The minimum Gasteiger partial charge on any atom is -0.481 e. The molecule has 0 heterocycles. The molecule has 0 aromatic heterocycles. The first-order valence-electron chi connectivity index (χ1n) is 12.3. The van der Waals surface area contributed by atoms with Gasteiger partial charge in [0.25, 0.3) is 0 Å². The first-order valence-corrected chi connectivity index (χ1v) is 12.3. The van der Waals surface area contributed by atoms with Crippen molar-refractivity contribution >= 4 is 29.1 Å². The van der Waals surface area contributed by atoms with E-state index in [1.165, 1.54) is 6.92 Å². The van der Waals surface area contributed by atoms with Crippen molar-refractivity contribution in [2.24, 2.45) is 33.5 Å². The van der Waals surface area contributed by atoms with Crippen LogP contribution < -0.4 is 0 Å². The van der Waals surface area contributed by atoms with Gasteiger partial charge in [0, 0.05) is 60.0 Å². The summed E-state index contributed by atoms with van der Waals surface area (Å²) in [7, 11) is 0. The van der Waals surface area contributed by atoms with Crippen LogP contribution in [0.2, 0.25) is 0 Å². The van der Waals surface area contributed by atoms with E-state index in [0.29, 0.717) is 18.4 Å². The van der Waals surface area contributed by atoms with Gasteiger partial charge in [-0.05, 0) is 38.0 Å². The molecule has 0 aromatic carbocycles. The predicted molar refractivity (Wildman–Crippen MR) is 123 cm³/mol. The van der Waals surface area contributed by atoms with Crippen LogP contribution in [0.1, 0.15) is 86.5 Å². The standard InChI is InChI=1S/C27H36O7/c1-23(2)16-11-14(28)22-21(24(16,3)9-7-18(23)30)15(29)13-25(4)17(12-19(31)27(22,25)6)26(5,34)10-8-20(32)33/h16-17,34H,7-13H2,1-6H3,(H,32,33)/t16-,17-,24-,25+,26+,27-/m0/s1. The Bertz CT molecular complexity index is 1060. The first kappa shape index (κ1) is 25.0. The highest BCUT2D eigenvalue weighted by atomic mass is 16.4. The second-order valence-electron chi connectivity index (χ2n) is 12.6. The highest BCUT2D eigenvalue weighted by Crippen LogP contribution is 2.70. The Morgan fingerprint density at radius 2 is 1.59 bits per heavy atom. The van der Waals surface area contributed by atoms with Gasteiger partial charge in [-0.15, -0.1) is 0 Å². The second kappa shape index (κ2) is 7.19. The third-order valence-corrected chi connectivity index (χ3v) is 10.5. The molecule has 186 valence electrons. The van der Waals surface area contributed by atoms with Gasteiger partial charge in [-0.25, -0.2) is 0 Å². The fourth-order valence-corrected chi connectivity index (χ4v) is 8.21. The van der Waals surface area contributed by atoms with Crippen molar-refractivity contribution in [2.45, 2.75) is 92.1 Å². The Hall–Kier alpha value is -2.15. The van der Waals surface area contributed by atoms with E-state index in [1.807, 2.05) is 20.8 Å². The summed E-state index contributed by atoms with van der Waals surface area (Å²) < 4.78 is 0. The Kier molecular flexibility index (Phi) is 5.27. The van der Waals surface area contributed by atoms with Gasteiger partial charge in [-0.1, -0.05) is 27.7 Å². The van der Waals surface area contributed by atoms with Crippen LogP contribution >= 0.6 is 0 Å². The average Bonchev–Trinajstić information content (AvgIpc) is 2.93. The van der Waals surface area contributed by atoms with Crippen LogP contribution in [0.3, 0.4) is 0 Å². The van der Waals surface area contributed by atoms with Crippen LogP contribution in [0.5, 0.6) is 0 Å². The van der Waals surface area contributed by atoms with Crippen LogP contribution in [0.15, 0.2) is 11.1 Å². The Morgan fingerprint density at radius 1 is 0.971 bits per heavy atom. The maximum atomic E-state index is 13.9. The molecule has 2 N–H and O–H groups in total. The van der Waals surface area contributed by atoms with Gasteiger partial charge >= 0.3 is 5.97 Å². The maximum Gasteiger partial charge on any atom is 0.303 e. The number of aliphatic carboxylic acids is 1. The van der Waals surface area contributed by atoms with Gasteiger partial charge < -0.3 is 10.2 Å². The number of allylic oxidation sites excluding steroid dienone is 2. The third kappa shape index (κ3) is 2.94. The van der Waals surface area contributed by atoms with Crippen LogP contribution in [0.4, 0.5) is 0 Å². The number of Topliss-reactive ketones (excluding diaryl/α,β-unsaturated/α-hetero) is 4. The summed E-state index contributed by atoms with van der Waals surface area (Å²) in [6.07, 6.45) is 0.600. The van der Waals surface area contributed by atoms with Gasteiger partial charge in [0.1, 0.15) is 11.6 Å². The number of fused-ring (bicyclic) bond motifs is 4. The molecule has 7 heteroatoms. The maximum absolute atomic E-state index is 13.9. The summed E-state index contributed by atoms with van der Waals surface area (Å²) in [5.74, 6) is -2.53. The predicted octanol–water partition coefficient (Wildman–Crippen LogP) is 3.46. The van der Waals surface area contributed by atoms with Crippen LogP contribution in [-0.2, 0) is 24.0 Å². The summed E-state index contributed by atoms with van der Waals surface area (Å²) in [6.45, 7) is 10.8. The molecule has 0 bridgehead atoms. The molecule has 4 aliphatic carbocycles. The number of carboxylic acid groups (broad SMARTS) is 1. The van der Waals surface area contributed by atoms with E-state index in [9.17, 15) is 29.1 Å². The number of ketones is 4. The number of carbonyl (C=O) groups is 5. The van der Waals surface area contributed by atoms with E-state index in [1.54, 1.807) is 13.8 Å². The van der Waals surface area contributed by atoms with Crippen molar-refractivity contribution < 1.29 is 34.2 Å². The summed E-state index contributed by atoms with van der Waals surface area (Å²) in [4.78, 5) is 65.2. The topological polar surface area (TPSA) is 126 Å². The minimum atomic E-state index is -1.48. The van der Waals surface area contributed by atoms with Crippen LogP contribution in [0.25, 0.3) is 0 Å². The van der Waals surface area contributed by atoms with E-state index >= 15 is 0 Å². The van der Waals surface area contributed by atoms with Crippen LogP contribution in [0, 0.1) is 33.5 Å². The van der Waals surface area contributed by atoms with E-state index in [-0.39, 0.29) is 66.7 Å². The van der Waals surface area contributed by atoms with Crippen molar-refractivity contribution in [2.75, 3.05) is 0 Å². The highest BCUT2D eigenvalue weighted by molar-refractivity contribution is 6.16. The number of hydrogen-bond donors (Lipinski definition) is 2. The number of carbonyl (C=O) groups excluding carboxylic acids is 4. The lowest BCUT2D eigenvalue weighted by atomic mass is 9.42. The molecule has 4 aliphatic rings. The lowest BCUT2D eigenvalue weighted by Crippen LogP contribution is -2.60. The zero-order valence-electron chi connectivity index (χ0n) is 21.0. The van der Waals surface area contributed by atoms with E-state index in [2.05, 4.69) is 0 Å². The molecule has 0 aliphatic heterocycles. The van der Waals surface area contributed by atoms with Gasteiger partial charge in [0.05, 0.1) is 11.0 Å². The molecule has 2 saturated carbocycles. The molecule has 0 saturated heterocycles. The van der Waals surface area contributed by atoms with Crippen molar-refractivity contribution in [1.29, 1.82) is 0 Å². The van der Waals surface area contributed by atoms with Gasteiger partial charge in [-0.3, -0.25) is 24.0 Å². The second-order valence-corrected chi connectivity index (χ2v) is 12.6. The summed E-state index contributed by atoms with van der Waals surface area (Å²) >= 11 is 0. The summed E-state index contributed by atoms with van der Waals surface area (Å²) in [6, 6.07) is 0. The zero-order chi connectivity index (χ0) is 25.6. The molecule has 2 fully saturated rings. The molecular weight excluding hydrogens is 436 g/mol. The third-order valence-electron chi connectivity index (χ3n) is 10.5. The largest absolute Gasteiger partial charge is 0.481 e. The minimum absolute atomic E-state index is 0.00588. The van der Waals surface area contributed by atoms with Crippen molar-refractivity contribution in [3.8, 4) is 0 Å². The summed E-state index contributed by atoms with van der Waals surface area (Å²) in [5, 5.41) is 20.5. The number of hydrogen-bond acceptors (Lipinski definition) is 6. The fraction of sp³-hybridized carbons (Fsp3) is 0.741. The van der Waals surface area contributed by atoms with Gasteiger partial charge in [0.2, 0.25) is 0 Å². The highest BCUT2D eigenvalue weighted by Gasteiger charge is 2.71. The smallest absolute Gasteiger partial charge is 0.303 e. The van der Waals surface area contributed by atoms with Crippen molar-refractivity contribution in [3.63, 3.8) is 0 Å². The molecule has 0 amide bonds. The average molecular weight is 473 g/mol. The molecule has 6 atom stereocenters. The lowest BCUT2D eigenvalue weighted by molar-refractivity contribution is -0.149. The molecule has 0 radical (unpaired) electrons. The number of carboxylic acids is 1. The normalized spacial score (nSPS) is 41.0. The Morgan fingerprint density at radius 3 is 2.18 bits per heavy atom. The molecular formula is C27H36O7. The Labute approximate surface area is 200 Å². The van der Waals surface area contributed by atoms with E-state index < -0.39 is 39.1 Å². The molecule has 0 unspecified atom stereocenters. The van der Waals surface area contributed by atoms with E-state index in [4.69, 9.17) is 5.11 Å². The number of rotatable bonds is 4. The van der Waals surface area contributed by atoms with Gasteiger partial charge in [0.15, 0.2) is 11.6 Å². The molecule has 34 heavy (non-hydrogen) atoms. The molecule has 7 nitrogen and oxygen atoms in total. The zero-order valence-corrected chi connectivity index (χ0v) is 21.0. The van der Waals surface area contributed by atoms with E-state index in [0.717, 1.165) is 0 Å².